The van der Waals surface area contributed by atoms with Gasteiger partial charge in [0.15, 0.2) is 0 Å². The molecule has 2 N–H and O–H groups in total. The van der Waals surface area contributed by atoms with Crippen LogP contribution in [0.5, 0.6) is 0 Å². The van der Waals surface area contributed by atoms with Gasteiger partial charge in [-0.3, -0.25) is 9.48 Å². The first-order valence-corrected chi connectivity index (χ1v) is 7.07. The molecule has 1 aliphatic rings. The number of nitrogens with zero attached hydrogens (tertiary/aromatic N) is 3. The first-order valence-electron chi connectivity index (χ1n) is 7.07. The number of carboxylic acid groups (broad SMARTS) is 1. The number of hydrogen-bond donors (Lipinski definition) is 2. The second kappa shape index (κ2) is 5.59. The van der Waals surface area contributed by atoms with Crippen molar-refractivity contribution in [1.82, 2.24) is 20.1 Å². The molecule has 2 aromatic rings. The maximum absolute atomic E-state index is 12.3. The van der Waals surface area contributed by atoms with Crippen LogP contribution >= 0.6 is 0 Å². The lowest BCUT2D eigenvalue weighted by Gasteiger charge is -2.23. The van der Waals surface area contributed by atoms with Crippen molar-refractivity contribution in [2.75, 3.05) is 0 Å². The van der Waals surface area contributed by atoms with Crippen LogP contribution in [-0.4, -0.2) is 31.7 Å². The molecule has 0 bridgehead atoms. The molecule has 1 amide bonds. The Hall–Kier alpha value is -2.70. The molecule has 0 aliphatic heterocycles. The van der Waals surface area contributed by atoms with Crippen molar-refractivity contribution in [3.63, 3.8) is 0 Å². The van der Waals surface area contributed by atoms with Crippen LogP contribution < -0.4 is 5.32 Å². The van der Waals surface area contributed by atoms with Crippen LogP contribution in [0.4, 0.5) is 0 Å². The van der Waals surface area contributed by atoms with E-state index in [9.17, 15) is 9.59 Å². The number of carboxylic acids is 1. The van der Waals surface area contributed by atoms with Gasteiger partial charge in [-0.1, -0.05) is 0 Å². The zero-order valence-electron chi connectivity index (χ0n) is 12.1. The van der Waals surface area contributed by atoms with Gasteiger partial charge in [0.2, 0.25) is 0 Å². The summed E-state index contributed by atoms with van der Waals surface area (Å²) in [5.74, 6) is -1.37. The quantitative estimate of drug-likeness (QED) is 0.891. The minimum absolute atomic E-state index is 0.0656. The number of aromatic carboxylic acids is 1. The summed E-state index contributed by atoms with van der Waals surface area (Å²) < 4.78 is 1.84. The van der Waals surface area contributed by atoms with Crippen molar-refractivity contribution in [1.29, 1.82) is 0 Å². The minimum atomic E-state index is -1.11. The average molecular weight is 300 g/mol. The van der Waals surface area contributed by atoms with Crippen LogP contribution in [0.25, 0.3) is 0 Å². The van der Waals surface area contributed by atoms with Gasteiger partial charge in [-0.25, -0.2) is 9.78 Å². The van der Waals surface area contributed by atoms with Crippen molar-refractivity contribution in [3.8, 4) is 0 Å². The maximum atomic E-state index is 12.3. The molecular weight excluding hydrogens is 284 g/mol. The predicted molar refractivity (Wildman–Crippen MR) is 77.5 cm³/mol. The van der Waals surface area contributed by atoms with E-state index in [1.165, 1.54) is 18.3 Å². The average Bonchev–Trinajstić information content (AvgIpc) is 2.90. The summed E-state index contributed by atoms with van der Waals surface area (Å²) in [6.45, 7) is 0. The highest BCUT2D eigenvalue weighted by molar-refractivity contribution is 5.95. The molecule has 2 aromatic heterocycles. The molecule has 114 valence electrons. The van der Waals surface area contributed by atoms with Gasteiger partial charge < -0.3 is 10.4 Å². The highest BCUT2D eigenvalue weighted by Crippen LogP contribution is 2.29. The molecule has 0 saturated carbocycles. The monoisotopic (exact) mass is 300 g/mol. The standard InChI is InChI=1S/C15H16N4O3/c1-19-13-4-2-3-11(10(13)8-17-19)18-14(20)9-5-6-12(15(21)22)16-7-9/h5-8,11H,2-4H2,1H3,(H,18,20)(H,21,22). The van der Waals surface area contributed by atoms with Gasteiger partial charge in [-0.2, -0.15) is 5.10 Å². The molecule has 0 aromatic carbocycles. The fourth-order valence-corrected chi connectivity index (χ4v) is 2.75. The lowest BCUT2D eigenvalue weighted by Crippen LogP contribution is -2.31. The Morgan fingerprint density at radius 2 is 2.18 bits per heavy atom. The van der Waals surface area contributed by atoms with Crippen molar-refractivity contribution in [3.05, 3.63) is 47.0 Å². The number of aryl methyl sites for hydroxylation is 1. The Labute approximate surface area is 127 Å². The predicted octanol–water partition coefficient (Wildman–Crippen LogP) is 1.32. The first-order chi connectivity index (χ1) is 10.6. The fourth-order valence-electron chi connectivity index (χ4n) is 2.75. The second-order valence-electron chi connectivity index (χ2n) is 5.33. The van der Waals surface area contributed by atoms with Gasteiger partial charge in [-0.15, -0.1) is 0 Å². The van der Waals surface area contributed by atoms with Crippen LogP contribution in [0.2, 0.25) is 0 Å². The number of rotatable bonds is 3. The first kappa shape index (κ1) is 14.2. The van der Waals surface area contributed by atoms with E-state index in [2.05, 4.69) is 15.4 Å². The van der Waals surface area contributed by atoms with E-state index in [-0.39, 0.29) is 17.6 Å². The lowest BCUT2D eigenvalue weighted by molar-refractivity contribution is 0.0689. The topological polar surface area (TPSA) is 97.1 Å². The van der Waals surface area contributed by atoms with E-state index in [4.69, 9.17) is 5.11 Å². The van der Waals surface area contributed by atoms with Crippen LogP contribution in [0.1, 0.15) is 51.0 Å². The molecule has 3 rings (SSSR count). The van der Waals surface area contributed by atoms with Crippen molar-refractivity contribution >= 4 is 11.9 Å². The molecular formula is C15H16N4O3. The number of hydrogen-bond acceptors (Lipinski definition) is 4. The van der Waals surface area contributed by atoms with Crippen molar-refractivity contribution in [2.24, 2.45) is 7.05 Å². The summed E-state index contributed by atoms with van der Waals surface area (Å²) in [4.78, 5) is 26.8. The van der Waals surface area contributed by atoms with Gasteiger partial charge in [0.05, 0.1) is 17.8 Å². The van der Waals surface area contributed by atoms with E-state index in [1.54, 1.807) is 6.20 Å². The molecule has 0 saturated heterocycles. The largest absolute Gasteiger partial charge is 0.477 e. The Bertz CT molecular complexity index is 721. The fraction of sp³-hybridized carbons (Fsp3) is 0.333. The molecule has 7 heteroatoms. The molecule has 22 heavy (non-hydrogen) atoms. The number of fused-ring (bicyclic) bond motifs is 1. The maximum Gasteiger partial charge on any atom is 0.354 e. The molecule has 0 radical (unpaired) electrons. The summed E-state index contributed by atoms with van der Waals surface area (Å²) in [5, 5.41) is 16.0. The van der Waals surface area contributed by atoms with Gasteiger partial charge in [-0.05, 0) is 31.4 Å². The summed E-state index contributed by atoms with van der Waals surface area (Å²) in [6.07, 6.45) is 5.91. The third kappa shape index (κ3) is 2.57. The Morgan fingerprint density at radius 1 is 1.36 bits per heavy atom. The number of amides is 1. The lowest BCUT2D eigenvalue weighted by atomic mass is 9.93. The number of nitrogens with one attached hydrogen (secondary N) is 1. The van der Waals surface area contributed by atoms with E-state index in [0.29, 0.717) is 5.56 Å². The summed E-state index contributed by atoms with van der Waals surface area (Å²) in [5.41, 5.74) is 2.47. The second-order valence-corrected chi connectivity index (χ2v) is 5.33. The molecule has 0 fully saturated rings. The third-order valence-electron chi connectivity index (χ3n) is 3.93. The van der Waals surface area contributed by atoms with Gasteiger partial charge >= 0.3 is 5.97 Å². The molecule has 1 aliphatic carbocycles. The SMILES string of the molecule is Cn1ncc2c1CCCC2NC(=O)c1ccc(C(=O)O)nc1. The zero-order chi connectivity index (χ0) is 15.7. The number of carbonyl (C=O) groups excluding carboxylic acids is 1. The molecule has 0 spiro atoms. The number of carbonyl (C=O) groups is 2. The van der Waals surface area contributed by atoms with E-state index in [1.807, 2.05) is 11.7 Å². The Kier molecular flexibility index (Phi) is 3.62. The van der Waals surface area contributed by atoms with Gasteiger partial charge in [0.25, 0.3) is 5.91 Å². The van der Waals surface area contributed by atoms with E-state index < -0.39 is 5.97 Å². The summed E-state index contributed by atoms with van der Waals surface area (Å²) in [7, 11) is 1.90. The molecule has 7 nitrogen and oxygen atoms in total. The van der Waals surface area contributed by atoms with Crippen molar-refractivity contribution < 1.29 is 14.7 Å². The minimum Gasteiger partial charge on any atom is -0.477 e. The number of aromatic nitrogens is 3. The van der Waals surface area contributed by atoms with Crippen molar-refractivity contribution in [2.45, 2.75) is 25.3 Å². The molecule has 1 atom stereocenters. The summed E-state index contributed by atoms with van der Waals surface area (Å²) in [6, 6.07) is 2.73. The molecule has 1 unspecified atom stereocenters. The van der Waals surface area contributed by atoms with Gasteiger partial charge in [0.1, 0.15) is 5.69 Å². The zero-order valence-corrected chi connectivity index (χ0v) is 12.1. The Morgan fingerprint density at radius 3 is 2.86 bits per heavy atom. The highest BCUT2D eigenvalue weighted by Gasteiger charge is 2.25. The van der Waals surface area contributed by atoms with E-state index in [0.717, 1.165) is 30.5 Å². The Balaban J connectivity index is 1.76. The highest BCUT2D eigenvalue weighted by atomic mass is 16.4. The van der Waals surface area contributed by atoms with Crippen LogP contribution in [0.15, 0.2) is 24.5 Å². The number of pyridine rings is 1. The normalized spacial score (nSPS) is 16.9. The smallest absolute Gasteiger partial charge is 0.354 e. The summed E-state index contributed by atoms with van der Waals surface area (Å²) >= 11 is 0. The van der Waals surface area contributed by atoms with Crippen LogP contribution in [0.3, 0.4) is 0 Å². The van der Waals surface area contributed by atoms with Gasteiger partial charge in [0, 0.05) is 24.5 Å². The molecule has 2 heterocycles. The van der Waals surface area contributed by atoms with Crippen LogP contribution in [-0.2, 0) is 13.5 Å². The third-order valence-corrected chi connectivity index (χ3v) is 3.93. The van der Waals surface area contributed by atoms with E-state index >= 15 is 0 Å². The van der Waals surface area contributed by atoms with Crippen LogP contribution in [0, 0.1) is 0 Å².